The second kappa shape index (κ2) is 5.98. The number of aryl methyl sites for hydroxylation is 2. The lowest BCUT2D eigenvalue weighted by Crippen LogP contribution is -2.00. The molecule has 1 atom stereocenters. The Bertz CT molecular complexity index is 595. The van der Waals surface area contributed by atoms with Gasteiger partial charge in [0.15, 0.2) is 0 Å². The Labute approximate surface area is 127 Å². The zero-order valence-corrected chi connectivity index (χ0v) is 13.5. The molecule has 0 amide bonds. The van der Waals surface area contributed by atoms with E-state index in [1.165, 1.54) is 11.1 Å². The van der Waals surface area contributed by atoms with Crippen LogP contribution in [0.4, 0.5) is 0 Å². The molecule has 0 aromatic heterocycles. The summed E-state index contributed by atoms with van der Waals surface area (Å²) in [6, 6.07) is 12.1. The molecule has 0 bridgehead atoms. The molecule has 3 heteroatoms. The molecule has 2 aromatic rings. The van der Waals surface area contributed by atoms with Gasteiger partial charge in [-0.2, -0.15) is 0 Å². The van der Waals surface area contributed by atoms with Crippen LogP contribution in [0, 0.1) is 13.8 Å². The first kappa shape index (κ1) is 14.4. The van der Waals surface area contributed by atoms with Crippen LogP contribution < -0.4 is 4.74 Å². The summed E-state index contributed by atoms with van der Waals surface area (Å²) in [6.07, 6.45) is 0. The molecular weight excluding hydrogens is 324 g/mol. The SMILES string of the molecule is COc1ccccc1C(Cl)c1cc(C)c(Br)cc1C. The number of methoxy groups -OCH3 is 1. The summed E-state index contributed by atoms with van der Waals surface area (Å²) in [5, 5.41) is -0.206. The largest absolute Gasteiger partial charge is 0.496 e. The van der Waals surface area contributed by atoms with Crippen molar-refractivity contribution in [1.82, 2.24) is 0 Å². The summed E-state index contributed by atoms with van der Waals surface area (Å²) in [7, 11) is 1.67. The van der Waals surface area contributed by atoms with E-state index in [1.54, 1.807) is 7.11 Å². The standard InChI is InChI=1S/C16H16BrClO/c1-10-9-14(17)11(2)8-13(10)16(18)12-6-4-5-7-15(12)19-3/h4-9,16H,1-3H3. The molecule has 0 aliphatic rings. The fourth-order valence-corrected chi connectivity index (χ4v) is 2.99. The van der Waals surface area contributed by atoms with Crippen LogP contribution in [0.2, 0.25) is 0 Å². The monoisotopic (exact) mass is 338 g/mol. The van der Waals surface area contributed by atoms with Crippen LogP contribution in [0.3, 0.4) is 0 Å². The summed E-state index contributed by atoms with van der Waals surface area (Å²) >= 11 is 10.2. The van der Waals surface area contributed by atoms with Crippen molar-refractivity contribution in [1.29, 1.82) is 0 Å². The minimum absolute atomic E-state index is 0.206. The van der Waals surface area contributed by atoms with Crippen LogP contribution in [0.25, 0.3) is 0 Å². The minimum atomic E-state index is -0.206. The second-order valence-electron chi connectivity index (χ2n) is 4.56. The lowest BCUT2D eigenvalue weighted by Gasteiger charge is -2.17. The minimum Gasteiger partial charge on any atom is -0.496 e. The van der Waals surface area contributed by atoms with Crippen molar-refractivity contribution in [3.63, 3.8) is 0 Å². The van der Waals surface area contributed by atoms with E-state index in [1.807, 2.05) is 24.3 Å². The number of hydrogen-bond acceptors (Lipinski definition) is 1. The molecule has 1 nitrogen and oxygen atoms in total. The summed E-state index contributed by atoms with van der Waals surface area (Å²) in [5.74, 6) is 0.822. The second-order valence-corrected chi connectivity index (χ2v) is 5.85. The highest BCUT2D eigenvalue weighted by Gasteiger charge is 2.18. The third-order valence-electron chi connectivity index (χ3n) is 3.23. The van der Waals surface area contributed by atoms with Gasteiger partial charge >= 0.3 is 0 Å². The van der Waals surface area contributed by atoms with Gasteiger partial charge in [-0.1, -0.05) is 40.2 Å². The molecule has 0 fully saturated rings. The van der Waals surface area contributed by atoms with Gasteiger partial charge in [0, 0.05) is 10.0 Å². The first-order valence-electron chi connectivity index (χ1n) is 6.08. The van der Waals surface area contributed by atoms with Crippen LogP contribution in [0.1, 0.15) is 27.6 Å². The molecular formula is C16H16BrClO. The first-order chi connectivity index (χ1) is 9.04. The van der Waals surface area contributed by atoms with Crippen molar-refractivity contribution in [2.75, 3.05) is 7.11 Å². The van der Waals surface area contributed by atoms with Crippen LogP contribution >= 0.6 is 27.5 Å². The van der Waals surface area contributed by atoms with Crippen molar-refractivity contribution < 1.29 is 4.74 Å². The zero-order chi connectivity index (χ0) is 14.0. The predicted octanol–water partition coefficient (Wildman–Crippen LogP) is 5.40. The molecule has 2 aromatic carbocycles. The molecule has 0 aliphatic carbocycles. The maximum atomic E-state index is 6.65. The lowest BCUT2D eigenvalue weighted by atomic mass is 9.97. The van der Waals surface area contributed by atoms with Crippen molar-refractivity contribution in [3.05, 3.63) is 63.1 Å². The van der Waals surface area contributed by atoms with E-state index in [4.69, 9.17) is 16.3 Å². The first-order valence-corrected chi connectivity index (χ1v) is 7.31. The van der Waals surface area contributed by atoms with Gasteiger partial charge in [0.2, 0.25) is 0 Å². The van der Waals surface area contributed by atoms with E-state index in [0.29, 0.717) is 0 Å². The third kappa shape index (κ3) is 2.96. The van der Waals surface area contributed by atoms with Gasteiger partial charge in [-0.15, -0.1) is 11.6 Å². The van der Waals surface area contributed by atoms with E-state index in [2.05, 4.69) is 41.9 Å². The Morgan fingerprint density at radius 3 is 2.42 bits per heavy atom. The van der Waals surface area contributed by atoms with Crippen molar-refractivity contribution in [2.24, 2.45) is 0 Å². The number of hydrogen-bond donors (Lipinski definition) is 0. The van der Waals surface area contributed by atoms with Gasteiger partial charge in [0.05, 0.1) is 12.5 Å². The normalized spacial score (nSPS) is 12.3. The summed E-state index contributed by atoms with van der Waals surface area (Å²) < 4.78 is 6.50. The molecule has 0 spiro atoms. The number of alkyl halides is 1. The van der Waals surface area contributed by atoms with Gasteiger partial charge in [-0.25, -0.2) is 0 Å². The Kier molecular flexibility index (Phi) is 4.54. The van der Waals surface area contributed by atoms with Gasteiger partial charge in [0.25, 0.3) is 0 Å². The highest BCUT2D eigenvalue weighted by atomic mass is 79.9. The van der Waals surface area contributed by atoms with Crippen molar-refractivity contribution in [2.45, 2.75) is 19.2 Å². The molecule has 19 heavy (non-hydrogen) atoms. The Morgan fingerprint density at radius 2 is 1.74 bits per heavy atom. The zero-order valence-electron chi connectivity index (χ0n) is 11.2. The molecule has 0 radical (unpaired) electrons. The maximum Gasteiger partial charge on any atom is 0.123 e. The van der Waals surface area contributed by atoms with Crippen LogP contribution in [-0.4, -0.2) is 7.11 Å². The molecule has 0 aliphatic heterocycles. The summed E-state index contributed by atoms with van der Waals surface area (Å²) in [5.41, 5.74) is 4.47. The summed E-state index contributed by atoms with van der Waals surface area (Å²) in [6.45, 7) is 4.14. The van der Waals surface area contributed by atoms with Gasteiger partial charge in [0.1, 0.15) is 5.75 Å². The smallest absolute Gasteiger partial charge is 0.123 e. The number of rotatable bonds is 3. The van der Waals surface area contributed by atoms with Gasteiger partial charge < -0.3 is 4.74 Å². The van der Waals surface area contributed by atoms with Gasteiger partial charge in [-0.05, 0) is 42.7 Å². The van der Waals surface area contributed by atoms with E-state index in [-0.39, 0.29) is 5.38 Å². The van der Waals surface area contributed by atoms with Crippen LogP contribution in [0.15, 0.2) is 40.9 Å². The summed E-state index contributed by atoms with van der Waals surface area (Å²) in [4.78, 5) is 0. The quantitative estimate of drug-likeness (QED) is 0.680. The fraction of sp³-hybridized carbons (Fsp3) is 0.250. The molecule has 1 unspecified atom stereocenters. The molecule has 2 rings (SSSR count). The highest BCUT2D eigenvalue weighted by Crippen LogP contribution is 2.37. The molecule has 0 saturated heterocycles. The highest BCUT2D eigenvalue weighted by molar-refractivity contribution is 9.10. The van der Waals surface area contributed by atoms with E-state index in [0.717, 1.165) is 21.3 Å². The van der Waals surface area contributed by atoms with E-state index in [9.17, 15) is 0 Å². The maximum absolute atomic E-state index is 6.65. The average molecular weight is 340 g/mol. The van der Waals surface area contributed by atoms with Crippen LogP contribution in [0.5, 0.6) is 5.75 Å². The van der Waals surface area contributed by atoms with Crippen molar-refractivity contribution in [3.8, 4) is 5.75 Å². The lowest BCUT2D eigenvalue weighted by molar-refractivity contribution is 0.410. The number of para-hydroxylation sites is 1. The topological polar surface area (TPSA) is 9.23 Å². The number of halogens is 2. The molecule has 0 heterocycles. The molecule has 100 valence electrons. The van der Waals surface area contributed by atoms with Crippen LogP contribution in [-0.2, 0) is 0 Å². The van der Waals surface area contributed by atoms with E-state index < -0.39 is 0 Å². The van der Waals surface area contributed by atoms with E-state index >= 15 is 0 Å². The molecule has 0 saturated carbocycles. The van der Waals surface area contributed by atoms with Gasteiger partial charge in [-0.3, -0.25) is 0 Å². The Morgan fingerprint density at radius 1 is 1.05 bits per heavy atom. The average Bonchev–Trinajstić information content (AvgIpc) is 2.42. The predicted molar refractivity (Wildman–Crippen MR) is 84.3 cm³/mol. The third-order valence-corrected chi connectivity index (χ3v) is 4.56. The Balaban J connectivity index is 2.50. The van der Waals surface area contributed by atoms with Crippen molar-refractivity contribution >= 4 is 27.5 Å². The molecule has 0 N–H and O–H groups in total. The number of benzene rings is 2. The Hall–Kier alpha value is -0.990. The fourth-order valence-electron chi connectivity index (χ4n) is 2.12. The number of ether oxygens (including phenoxy) is 1.